The van der Waals surface area contributed by atoms with Gasteiger partial charge in [0.15, 0.2) is 11.5 Å². The fourth-order valence-corrected chi connectivity index (χ4v) is 2.27. The number of Topliss-reactive ketones (excluding diaryl/α,β-unsaturated/α-hetero) is 1. The number of aliphatic hydroxyl groups is 5. The van der Waals surface area contributed by atoms with Gasteiger partial charge < -0.3 is 35.0 Å². The van der Waals surface area contributed by atoms with Crippen LogP contribution in [-0.2, 0) is 14.3 Å². The minimum Gasteiger partial charge on any atom is -0.458 e. The number of hydrogen-bond donors (Lipinski definition) is 5. The van der Waals surface area contributed by atoms with Crippen LogP contribution in [0.5, 0.6) is 0 Å². The van der Waals surface area contributed by atoms with Crippen molar-refractivity contribution in [3.05, 3.63) is 24.0 Å². The van der Waals surface area contributed by atoms with Crippen molar-refractivity contribution < 1.29 is 39.8 Å². The van der Waals surface area contributed by atoms with Crippen molar-refractivity contribution in [3.63, 3.8) is 0 Å². The zero-order valence-electron chi connectivity index (χ0n) is 11.8. The van der Waals surface area contributed by atoms with Gasteiger partial charge in [-0.05, 0) is 12.5 Å². The average Bonchev–Trinajstić information content (AvgIpc) is 2.49. The number of hydrogen-bond acceptors (Lipinski definition) is 8. The van der Waals surface area contributed by atoms with E-state index in [1.54, 1.807) is 6.08 Å². The Kier molecular flexibility index (Phi) is 5.68. The Morgan fingerprint density at radius 1 is 1.18 bits per heavy atom. The predicted molar refractivity (Wildman–Crippen MR) is 72.3 cm³/mol. The molecule has 0 unspecified atom stereocenters. The van der Waals surface area contributed by atoms with Gasteiger partial charge in [0.05, 0.1) is 12.7 Å². The van der Waals surface area contributed by atoms with E-state index in [1.807, 2.05) is 0 Å². The summed E-state index contributed by atoms with van der Waals surface area (Å²) in [6.07, 6.45) is -3.38. The lowest BCUT2D eigenvalue weighted by Crippen LogP contribution is -2.59. The van der Waals surface area contributed by atoms with Crippen molar-refractivity contribution in [1.82, 2.24) is 0 Å². The highest BCUT2D eigenvalue weighted by molar-refractivity contribution is 5.93. The van der Waals surface area contributed by atoms with Crippen LogP contribution in [0.4, 0.5) is 0 Å². The first kappa shape index (κ1) is 17.1. The van der Waals surface area contributed by atoms with Gasteiger partial charge in [-0.15, -0.1) is 0 Å². The molecular formula is C14H20O8. The molecule has 1 aliphatic heterocycles. The van der Waals surface area contributed by atoms with Crippen LogP contribution in [0.2, 0.25) is 0 Å². The Labute approximate surface area is 126 Å². The zero-order valence-corrected chi connectivity index (χ0v) is 11.8. The van der Waals surface area contributed by atoms with Crippen molar-refractivity contribution in [2.24, 2.45) is 0 Å². The van der Waals surface area contributed by atoms with Crippen LogP contribution >= 0.6 is 0 Å². The first-order chi connectivity index (χ1) is 10.4. The maximum atomic E-state index is 12.0. The van der Waals surface area contributed by atoms with E-state index >= 15 is 0 Å². The summed E-state index contributed by atoms with van der Waals surface area (Å²) in [5, 5.41) is 48.0. The van der Waals surface area contributed by atoms with Crippen LogP contribution in [0.1, 0.15) is 12.8 Å². The molecule has 2 aliphatic rings. The second kappa shape index (κ2) is 7.32. The van der Waals surface area contributed by atoms with Gasteiger partial charge in [-0.2, -0.15) is 0 Å². The first-order valence-corrected chi connectivity index (χ1v) is 7.01. The summed E-state index contributed by atoms with van der Waals surface area (Å²) in [4.78, 5) is 12.0. The van der Waals surface area contributed by atoms with E-state index in [0.29, 0.717) is 6.42 Å². The van der Waals surface area contributed by atoms with Crippen LogP contribution in [0.3, 0.4) is 0 Å². The molecule has 8 nitrogen and oxygen atoms in total. The normalized spacial score (nSPS) is 43.7. The number of carbonyl (C=O) groups is 1. The van der Waals surface area contributed by atoms with E-state index in [1.165, 1.54) is 12.2 Å². The van der Waals surface area contributed by atoms with E-state index in [-0.39, 0.29) is 18.0 Å². The third kappa shape index (κ3) is 3.72. The molecule has 1 heterocycles. The summed E-state index contributed by atoms with van der Waals surface area (Å²) >= 11 is 0. The fourth-order valence-electron chi connectivity index (χ4n) is 2.27. The predicted octanol–water partition coefficient (Wildman–Crippen LogP) is -2.03. The lowest BCUT2D eigenvalue weighted by Gasteiger charge is -2.39. The molecular weight excluding hydrogens is 296 g/mol. The quantitative estimate of drug-likeness (QED) is 0.376. The van der Waals surface area contributed by atoms with E-state index < -0.39 is 43.4 Å². The summed E-state index contributed by atoms with van der Waals surface area (Å²) in [6, 6.07) is 0. The van der Waals surface area contributed by atoms with Crippen molar-refractivity contribution >= 4 is 5.78 Å². The highest BCUT2D eigenvalue weighted by Gasteiger charge is 2.45. The molecule has 0 bridgehead atoms. The molecule has 0 saturated carbocycles. The molecule has 1 aliphatic carbocycles. The molecule has 5 N–H and O–H groups in total. The summed E-state index contributed by atoms with van der Waals surface area (Å²) in [7, 11) is 0. The Balaban J connectivity index is 2.14. The molecule has 8 heteroatoms. The Morgan fingerprint density at radius 2 is 1.91 bits per heavy atom. The summed E-state index contributed by atoms with van der Waals surface area (Å²) in [5.74, 6) is -0.582. The fraction of sp³-hybridized carbons (Fsp3) is 0.643. The van der Waals surface area contributed by atoms with Gasteiger partial charge in [-0.25, -0.2) is 0 Å². The van der Waals surface area contributed by atoms with Gasteiger partial charge in [0, 0.05) is 6.42 Å². The number of ketones is 1. The number of rotatable bonds is 3. The summed E-state index contributed by atoms with van der Waals surface area (Å²) < 4.78 is 10.4. The van der Waals surface area contributed by atoms with E-state index in [4.69, 9.17) is 14.6 Å². The Morgan fingerprint density at radius 3 is 2.59 bits per heavy atom. The van der Waals surface area contributed by atoms with Crippen LogP contribution in [0, 0.1) is 0 Å². The molecule has 0 aromatic heterocycles. The van der Waals surface area contributed by atoms with Crippen LogP contribution in [-0.4, -0.2) is 74.7 Å². The molecule has 1 fully saturated rings. The number of ether oxygens (including phenoxy) is 2. The summed E-state index contributed by atoms with van der Waals surface area (Å²) in [6.45, 7) is -0.594. The van der Waals surface area contributed by atoms with Gasteiger partial charge in [0.25, 0.3) is 0 Å². The van der Waals surface area contributed by atoms with Gasteiger partial charge in [0.1, 0.15) is 24.4 Å². The Bertz CT molecular complexity index is 458. The smallest absolute Gasteiger partial charge is 0.229 e. The molecule has 0 radical (unpaired) electrons. The first-order valence-electron chi connectivity index (χ1n) is 7.01. The third-order valence-electron chi connectivity index (χ3n) is 3.56. The minimum atomic E-state index is -1.61. The van der Waals surface area contributed by atoms with Crippen molar-refractivity contribution in [1.29, 1.82) is 0 Å². The molecule has 2 rings (SSSR count). The van der Waals surface area contributed by atoms with Gasteiger partial charge in [-0.3, -0.25) is 4.79 Å². The standard InChI is InChI=1S/C14H20O8/c15-6-10-11(18)12(19)13(20)14(22-10)21-9-5-7(16)3-1-2-4-8(9)17/h1,3,5,7,10-16,18-20H,2,4,6H2/b3-1-,9-5+/t7-,10+,11-,12-,13+,14+/m0/s1. The van der Waals surface area contributed by atoms with Crippen LogP contribution in [0.15, 0.2) is 24.0 Å². The summed E-state index contributed by atoms with van der Waals surface area (Å²) in [5.41, 5.74) is 0. The topological polar surface area (TPSA) is 137 Å². The average molecular weight is 316 g/mol. The lowest BCUT2D eigenvalue weighted by atomic mass is 9.99. The Hall–Kier alpha value is -1.29. The zero-order chi connectivity index (χ0) is 16.3. The molecule has 0 aromatic rings. The maximum absolute atomic E-state index is 12.0. The molecule has 0 aromatic carbocycles. The van der Waals surface area contributed by atoms with Crippen molar-refractivity contribution in [2.45, 2.75) is 49.7 Å². The molecule has 0 spiro atoms. The monoisotopic (exact) mass is 316 g/mol. The number of aliphatic hydroxyl groups excluding tert-OH is 5. The van der Waals surface area contributed by atoms with E-state index in [0.717, 1.165) is 0 Å². The highest BCUT2D eigenvalue weighted by atomic mass is 16.7. The second-order valence-corrected chi connectivity index (χ2v) is 5.23. The second-order valence-electron chi connectivity index (χ2n) is 5.23. The number of carbonyl (C=O) groups excluding carboxylic acids is 1. The molecule has 124 valence electrons. The van der Waals surface area contributed by atoms with Crippen LogP contribution in [0.25, 0.3) is 0 Å². The third-order valence-corrected chi connectivity index (χ3v) is 3.56. The van der Waals surface area contributed by atoms with Gasteiger partial charge in [0.2, 0.25) is 6.29 Å². The molecule has 0 amide bonds. The van der Waals surface area contributed by atoms with Crippen molar-refractivity contribution in [2.75, 3.05) is 6.61 Å². The molecule has 6 atom stereocenters. The van der Waals surface area contributed by atoms with Gasteiger partial charge >= 0.3 is 0 Å². The van der Waals surface area contributed by atoms with Gasteiger partial charge in [-0.1, -0.05) is 12.2 Å². The minimum absolute atomic E-state index is 0.159. The largest absolute Gasteiger partial charge is 0.458 e. The molecule has 22 heavy (non-hydrogen) atoms. The van der Waals surface area contributed by atoms with Crippen LogP contribution < -0.4 is 0 Å². The van der Waals surface area contributed by atoms with Crippen molar-refractivity contribution in [3.8, 4) is 0 Å². The molecule has 1 saturated heterocycles. The maximum Gasteiger partial charge on any atom is 0.229 e. The lowest BCUT2D eigenvalue weighted by molar-refractivity contribution is -0.290. The van der Waals surface area contributed by atoms with E-state index in [2.05, 4.69) is 0 Å². The SMILES string of the molecule is O=C1CC/C=C\[C@H](O)/C=C\1O[C@@H]1O[C@H](CO)[C@H](O)[C@H](O)[C@H]1O. The number of allylic oxidation sites excluding steroid dienone is 2. The van der Waals surface area contributed by atoms with E-state index in [9.17, 15) is 25.2 Å². The highest BCUT2D eigenvalue weighted by Crippen LogP contribution is 2.25.